The number of hydrogen-bond acceptors (Lipinski definition) is 4. The number of anilines is 1. The maximum Gasteiger partial charge on any atom is 0.418 e. The van der Waals surface area contributed by atoms with E-state index in [1.165, 1.54) is 0 Å². The third-order valence-electron chi connectivity index (χ3n) is 4.82. The Morgan fingerprint density at radius 1 is 1.19 bits per heavy atom. The summed E-state index contributed by atoms with van der Waals surface area (Å²) in [6.45, 7) is 0. The van der Waals surface area contributed by atoms with Gasteiger partial charge < -0.3 is 10.4 Å². The van der Waals surface area contributed by atoms with Gasteiger partial charge in [-0.2, -0.15) is 13.2 Å². The monoisotopic (exact) mass is 370 g/mol. The Morgan fingerprint density at radius 3 is 2.35 bits per heavy atom. The van der Waals surface area contributed by atoms with Crippen LogP contribution < -0.4 is 5.32 Å². The minimum atomic E-state index is -4.92. The predicted octanol–water partition coefficient (Wildman–Crippen LogP) is 3.08. The van der Waals surface area contributed by atoms with Crippen molar-refractivity contribution in [3.63, 3.8) is 0 Å². The molecule has 3 rings (SSSR count). The van der Waals surface area contributed by atoms with Crippen molar-refractivity contribution < 1.29 is 32.8 Å². The van der Waals surface area contributed by atoms with Gasteiger partial charge in [-0.3, -0.25) is 19.7 Å². The van der Waals surface area contributed by atoms with Crippen molar-refractivity contribution in [1.29, 1.82) is 0 Å². The molecule has 7 nitrogen and oxygen atoms in total. The predicted molar refractivity (Wildman–Crippen MR) is 82.1 cm³/mol. The molecular formula is C16H13F3N2O5. The van der Waals surface area contributed by atoms with E-state index in [4.69, 9.17) is 0 Å². The first-order valence-electron chi connectivity index (χ1n) is 7.67. The van der Waals surface area contributed by atoms with Gasteiger partial charge in [-0.1, -0.05) is 12.2 Å². The molecule has 0 saturated heterocycles. The van der Waals surface area contributed by atoms with Gasteiger partial charge in [-0.15, -0.1) is 0 Å². The number of nitrogens with one attached hydrogen (secondary N) is 1. The minimum absolute atomic E-state index is 0.327. The number of aliphatic carboxylic acids is 1. The molecule has 1 aromatic rings. The molecule has 4 unspecified atom stereocenters. The fraction of sp³-hybridized carbons (Fsp3) is 0.375. The summed E-state index contributed by atoms with van der Waals surface area (Å²) in [5.74, 6) is -4.69. The molecule has 1 saturated carbocycles. The second-order valence-corrected chi connectivity index (χ2v) is 6.31. The van der Waals surface area contributed by atoms with Crippen LogP contribution in [0.15, 0.2) is 30.4 Å². The normalized spacial score (nSPS) is 26.7. The number of carbonyl (C=O) groups excluding carboxylic acids is 1. The van der Waals surface area contributed by atoms with E-state index < -0.39 is 51.8 Å². The summed E-state index contributed by atoms with van der Waals surface area (Å²) >= 11 is 0. The second-order valence-electron chi connectivity index (χ2n) is 6.31. The zero-order valence-corrected chi connectivity index (χ0v) is 13.1. The van der Waals surface area contributed by atoms with Crippen molar-refractivity contribution in [2.45, 2.75) is 12.6 Å². The van der Waals surface area contributed by atoms with Gasteiger partial charge in [-0.05, 0) is 24.3 Å². The van der Waals surface area contributed by atoms with Crippen molar-refractivity contribution in [3.05, 3.63) is 46.0 Å². The smallest absolute Gasteiger partial charge is 0.418 e. The molecule has 0 heterocycles. The molecule has 2 bridgehead atoms. The average molecular weight is 370 g/mol. The van der Waals surface area contributed by atoms with Crippen LogP contribution in [0.3, 0.4) is 0 Å². The van der Waals surface area contributed by atoms with Crippen molar-refractivity contribution in [2.75, 3.05) is 5.32 Å². The number of nitro benzene ring substituents is 1. The van der Waals surface area contributed by atoms with Gasteiger partial charge in [0.1, 0.15) is 0 Å². The molecule has 0 aliphatic heterocycles. The first-order valence-corrected chi connectivity index (χ1v) is 7.67. The number of nitro groups is 1. The van der Waals surface area contributed by atoms with Crippen LogP contribution in [-0.2, 0) is 15.8 Å². The highest BCUT2D eigenvalue weighted by Crippen LogP contribution is 2.48. The highest BCUT2D eigenvalue weighted by atomic mass is 19.4. The summed E-state index contributed by atoms with van der Waals surface area (Å²) in [5, 5.41) is 22.2. The molecule has 1 amide bonds. The standard InChI is InChI=1S/C16H13F3N2O5/c17-16(18,19)10-6-9(21(25)26)3-4-11(10)20-14(22)12-7-1-2-8(5-7)13(12)15(23)24/h1-4,6-8,12-13H,5H2,(H,20,22)(H,23,24). The van der Waals surface area contributed by atoms with Gasteiger partial charge in [0.15, 0.2) is 0 Å². The average Bonchev–Trinajstić information content (AvgIpc) is 3.14. The van der Waals surface area contributed by atoms with Crippen molar-refractivity contribution in [1.82, 2.24) is 0 Å². The molecule has 2 aliphatic rings. The Morgan fingerprint density at radius 2 is 1.81 bits per heavy atom. The maximum atomic E-state index is 13.2. The number of rotatable bonds is 4. The summed E-state index contributed by atoms with van der Waals surface area (Å²) in [4.78, 5) is 33.7. The van der Waals surface area contributed by atoms with E-state index in [1.54, 1.807) is 12.2 Å². The zero-order valence-electron chi connectivity index (χ0n) is 13.1. The number of allylic oxidation sites excluding steroid dienone is 2. The number of fused-ring (bicyclic) bond motifs is 2. The van der Waals surface area contributed by atoms with Crippen LogP contribution in [0.1, 0.15) is 12.0 Å². The lowest BCUT2D eigenvalue weighted by atomic mass is 9.82. The third-order valence-corrected chi connectivity index (χ3v) is 4.82. The van der Waals surface area contributed by atoms with E-state index in [1.807, 2.05) is 0 Å². The lowest BCUT2D eigenvalue weighted by Gasteiger charge is -2.24. The van der Waals surface area contributed by atoms with Gasteiger partial charge >= 0.3 is 12.1 Å². The van der Waals surface area contributed by atoms with Crippen molar-refractivity contribution >= 4 is 23.3 Å². The van der Waals surface area contributed by atoms with E-state index in [9.17, 15) is 38.0 Å². The highest BCUT2D eigenvalue weighted by molar-refractivity contribution is 5.97. The summed E-state index contributed by atoms with van der Waals surface area (Å²) in [7, 11) is 0. The van der Waals surface area contributed by atoms with Crippen LogP contribution in [0.2, 0.25) is 0 Å². The number of amides is 1. The highest BCUT2D eigenvalue weighted by Gasteiger charge is 2.52. The largest absolute Gasteiger partial charge is 0.481 e. The van der Waals surface area contributed by atoms with Crippen LogP contribution in [0.25, 0.3) is 0 Å². The summed E-state index contributed by atoms with van der Waals surface area (Å²) in [6.07, 6.45) is -1.05. The molecule has 2 aliphatic carbocycles. The molecule has 1 aromatic carbocycles. The number of non-ortho nitro benzene ring substituents is 1. The van der Waals surface area contributed by atoms with E-state index in [-0.39, 0.29) is 11.8 Å². The fourth-order valence-electron chi connectivity index (χ4n) is 3.72. The maximum absolute atomic E-state index is 13.2. The van der Waals surface area contributed by atoms with E-state index in [2.05, 4.69) is 5.32 Å². The Balaban J connectivity index is 1.91. The number of carboxylic acid groups (broad SMARTS) is 1. The van der Waals surface area contributed by atoms with Crippen molar-refractivity contribution in [2.24, 2.45) is 23.7 Å². The Labute approximate surface area is 144 Å². The number of benzene rings is 1. The molecule has 0 radical (unpaired) electrons. The van der Waals surface area contributed by atoms with Crippen molar-refractivity contribution in [3.8, 4) is 0 Å². The lowest BCUT2D eigenvalue weighted by Crippen LogP contribution is -2.36. The summed E-state index contributed by atoms with van der Waals surface area (Å²) in [6, 6.07) is 1.99. The number of halogens is 3. The number of carboxylic acids is 1. The van der Waals surface area contributed by atoms with Crippen LogP contribution in [0, 0.1) is 33.8 Å². The van der Waals surface area contributed by atoms with Crippen LogP contribution >= 0.6 is 0 Å². The molecule has 0 spiro atoms. The molecule has 138 valence electrons. The molecule has 26 heavy (non-hydrogen) atoms. The first-order chi connectivity index (χ1) is 12.1. The number of hydrogen-bond donors (Lipinski definition) is 2. The van der Waals surface area contributed by atoms with Gasteiger partial charge in [0.25, 0.3) is 5.69 Å². The van der Waals surface area contributed by atoms with Gasteiger partial charge in [-0.25, -0.2) is 0 Å². The number of carbonyl (C=O) groups is 2. The molecule has 0 aromatic heterocycles. The van der Waals surface area contributed by atoms with Crippen LogP contribution in [-0.4, -0.2) is 21.9 Å². The van der Waals surface area contributed by atoms with Crippen LogP contribution in [0.5, 0.6) is 0 Å². The quantitative estimate of drug-likeness (QED) is 0.481. The van der Waals surface area contributed by atoms with E-state index >= 15 is 0 Å². The Kier molecular flexibility index (Phi) is 4.21. The van der Waals surface area contributed by atoms with Gasteiger partial charge in [0, 0.05) is 12.1 Å². The molecule has 4 atom stereocenters. The first kappa shape index (κ1) is 17.9. The third kappa shape index (κ3) is 3.02. The van der Waals surface area contributed by atoms with E-state index in [0.29, 0.717) is 12.5 Å². The molecule has 10 heteroatoms. The number of alkyl halides is 3. The molecule has 2 N–H and O–H groups in total. The zero-order chi connectivity index (χ0) is 19.2. The number of nitrogens with zero attached hydrogens (tertiary/aromatic N) is 1. The summed E-state index contributed by atoms with van der Waals surface area (Å²) < 4.78 is 39.6. The SMILES string of the molecule is O=C(O)C1C2C=CC(C2)C1C(=O)Nc1ccc([N+](=O)[O-])cc1C(F)(F)F. The Hall–Kier alpha value is -2.91. The minimum Gasteiger partial charge on any atom is -0.481 e. The fourth-order valence-corrected chi connectivity index (χ4v) is 3.72. The van der Waals surface area contributed by atoms with E-state index in [0.717, 1.165) is 12.1 Å². The summed E-state index contributed by atoms with van der Waals surface area (Å²) in [5.41, 5.74) is -2.75. The Bertz CT molecular complexity index is 821. The lowest BCUT2D eigenvalue weighted by molar-refractivity contribution is -0.385. The van der Waals surface area contributed by atoms with Gasteiger partial charge in [0.05, 0.1) is 28.0 Å². The molecule has 1 fully saturated rings. The second kappa shape index (κ2) is 6.11. The molecular weight excluding hydrogens is 357 g/mol. The van der Waals surface area contributed by atoms with Gasteiger partial charge in [0.2, 0.25) is 5.91 Å². The van der Waals surface area contributed by atoms with Crippen LogP contribution in [0.4, 0.5) is 24.5 Å². The topological polar surface area (TPSA) is 110 Å².